The summed E-state index contributed by atoms with van der Waals surface area (Å²) < 4.78 is 5.04. The molecular formula is C7H15NOS. The van der Waals surface area contributed by atoms with Crippen molar-refractivity contribution in [2.24, 2.45) is 0 Å². The van der Waals surface area contributed by atoms with Crippen molar-refractivity contribution in [1.29, 1.82) is 0 Å². The summed E-state index contributed by atoms with van der Waals surface area (Å²) in [7, 11) is 0. The van der Waals surface area contributed by atoms with Crippen molar-refractivity contribution in [2.75, 3.05) is 25.2 Å². The molecule has 0 aromatic heterocycles. The van der Waals surface area contributed by atoms with E-state index in [9.17, 15) is 0 Å². The lowest BCUT2D eigenvalue weighted by atomic mass is 10.2. The molecule has 0 bridgehead atoms. The van der Waals surface area contributed by atoms with Gasteiger partial charge in [-0.15, -0.1) is 0 Å². The third-order valence-electron chi connectivity index (χ3n) is 1.57. The highest BCUT2D eigenvalue weighted by molar-refractivity contribution is 7.98. The van der Waals surface area contributed by atoms with Gasteiger partial charge in [0.05, 0.1) is 19.3 Å². The second-order valence-electron chi connectivity index (χ2n) is 2.76. The maximum Gasteiger partial charge on any atom is 0.0643 e. The first kappa shape index (κ1) is 8.37. The Labute approximate surface area is 66.7 Å². The van der Waals surface area contributed by atoms with E-state index in [1.165, 1.54) is 5.75 Å². The van der Waals surface area contributed by atoms with Gasteiger partial charge in [-0.2, -0.15) is 11.8 Å². The summed E-state index contributed by atoms with van der Waals surface area (Å²) in [5.74, 6) is 1.19. The Kier molecular flexibility index (Phi) is 3.52. The van der Waals surface area contributed by atoms with Crippen LogP contribution in [0, 0.1) is 0 Å². The monoisotopic (exact) mass is 161 g/mol. The molecule has 1 fully saturated rings. The SMILES string of the molecule is CSCC(C)NC1COC1. The minimum absolute atomic E-state index is 0.627. The molecule has 60 valence electrons. The van der Waals surface area contributed by atoms with Gasteiger partial charge >= 0.3 is 0 Å². The summed E-state index contributed by atoms with van der Waals surface area (Å²) in [5.41, 5.74) is 0. The molecule has 0 aliphatic carbocycles. The minimum Gasteiger partial charge on any atom is -0.378 e. The highest BCUT2D eigenvalue weighted by atomic mass is 32.2. The molecule has 0 aromatic rings. The molecule has 3 heteroatoms. The summed E-state index contributed by atoms with van der Waals surface area (Å²) in [6.45, 7) is 4.02. The van der Waals surface area contributed by atoms with Crippen molar-refractivity contribution < 1.29 is 4.74 Å². The average Bonchev–Trinajstić information content (AvgIpc) is 1.80. The van der Waals surface area contributed by atoms with E-state index in [0.717, 1.165) is 13.2 Å². The quantitative estimate of drug-likeness (QED) is 0.656. The molecule has 0 amide bonds. The Hall–Kier alpha value is 0.270. The normalized spacial score (nSPS) is 22.2. The maximum absolute atomic E-state index is 5.04. The molecule has 1 heterocycles. The van der Waals surface area contributed by atoms with Crippen LogP contribution in [-0.4, -0.2) is 37.3 Å². The number of thioether (sulfide) groups is 1. The number of rotatable bonds is 4. The molecule has 0 spiro atoms. The molecule has 0 radical (unpaired) electrons. The van der Waals surface area contributed by atoms with E-state index in [1.807, 2.05) is 11.8 Å². The number of hydrogen-bond acceptors (Lipinski definition) is 3. The second kappa shape index (κ2) is 4.21. The first-order valence-corrected chi connectivity index (χ1v) is 5.05. The maximum atomic E-state index is 5.04. The molecular weight excluding hydrogens is 146 g/mol. The van der Waals surface area contributed by atoms with Crippen molar-refractivity contribution in [3.05, 3.63) is 0 Å². The van der Waals surface area contributed by atoms with Crippen molar-refractivity contribution in [3.8, 4) is 0 Å². The average molecular weight is 161 g/mol. The van der Waals surface area contributed by atoms with E-state index in [2.05, 4.69) is 18.5 Å². The minimum atomic E-state index is 0.627. The lowest BCUT2D eigenvalue weighted by Gasteiger charge is -2.29. The lowest BCUT2D eigenvalue weighted by Crippen LogP contribution is -2.50. The predicted octanol–water partition coefficient (Wildman–Crippen LogP) is 0.726. The largest absolute Gasteiger partial charge is 0.378 e. The van der Waals surface area contributed by atoms with Crippen LogP contribution in [0.5, 0.6) is 0 Å². The highest BCUT2D eigenvalue weighted by Crippen LogP contribution is 2.03. The number of hydrogen-bond donors (Lipinski definition) is 1. The molecule has 1 saturated heterocycles. The van der Waals surface area contributed by atoms with Gasteiger partial charge in [-0.3, -0.25) is 0 Å². The van der Waals surface area contributed by atoms with E-state index in [-0.39, 0.29) is 0 Å². The Morgan fingerprint density at radius 3 is 2.80 bits per heavy atom. The zero-order valence-electron chi connectivity index (χ0n) is 6.59. The van der Waals surface area contributed by atoms with Gasteiger partial charge in [-0.1, -0.05) is 0 Å². The van der Waals surface area contributed by atoms with Gasteiger partial charge in [0, 0.05) is 11.8 Å². The van der Waals surface area contributed by atoms with Gasteiger partial charge in [-0.05, 0) is 13.2 Å². The van der Waals surface area contributed by atoms with Crippen LogP contribution >= 0.6 is 11.8 Å². The van der Waals surface area contributed by atoms with Gasteiger partial charge in [0.15, 0.2) is 0 Å². The van der Waals surface area contributed by atoms with Crippen LogP contribution in [0.2, 0.25) is 0 Å². The molecule has 1 N–H and O–H groups in total. The second-order valence-corrected chi connectivity index (χ2v) is 3.67. The Bertz CT molecular complexity index is 95.6. The summed E-state index contributed by atoms with van der Waals surface area (Å²) in [4.78, 5) is 0. The first-order valence-electron chi connectivity index (χ1n) is 3.65. The molecule has 1 aliphatic heterocycles. The molecule has 1 aliphatic rings. The Morgan fingerprint density at radius 2 is 2.40 bits per heavy atom. The topological polar surface area (TPSA) is 21.3 Å². The summed E-state index contributed by atoms with van der Waals surface area (Å²) in [6.07, 6.45) is 2.13. The fourth-order valence-corrected chi connectivity index (χ4v) is 1.63. The fraction of sp³-hybridized carbons (Fsp3) is 1.00. The molecule has 0 aromatic carbocycles. The lowest BCUT2D eigenvalue weighted by molar-refractivity contribution is -0.00807. The van der Waals surface area contributed by atoms with Crippen LogP contribution < -0.4 is 5.32 Å². The Morgan fingerprint density at radius 1 is 1.70 bits per heavy atom. The third kappa shape index (κ3) is 2.48. The van der Waals surface area contributed by atoms with Gasteiger partial charge in [0.25, 0.3) is 0 Å². The fourth-order valence-electron chi connectivity index (χ4n) is 1.03. The van der Waals surface area contributed by atoms with E-state index in [4.69, 9.17) is 4.74 Å². The molecule has 1 atom stereocenters. The van der Waals surface area contributed by atoms with Gasteiger partial charge in [-0.25, -0.2) is 0 Å². The molecule has 10 heavy (non-hydrogen) atoms. The smallest absolute Gasteiger partial charge is 0.0643 e. The zero-order valence-corrected chi connectivity index (χ0v) is 7.41. The summed E-state index contributed by atoms with van der Waals surface area (Å²) in [6, 6.07) is 1.26. The zero-order chi connectivity index (χ0) is 7.40. The van der Waals surface area contributed by atoms with Gasteiger partial charge in [0.2, 0.25) is 0 Å². The van der Waals surface area contributed by atoms with Crippen LogP contribution in [0.1, 0.15) is 6.92 Å². The summed E-state index contributed by atoms with van der Waals surface area (Å²) >= 11 is 1.88. The van der Waals surface area contributed by atoms with Crippen LogP contribution in [0.4, 0.5) is 0 Å². The van der Waals surface area contributed by atoms with Crippen LogP contribution in [-0.2, 0) is 4.74 Å². The number of ether oxygens (including phenoxy) is 1. The third-order valence-corrected chi connectivity index (χ3v) is 2.41. The van der Waals surface area contributed by atoms with Crippen molar-refractivity contribution in [1.82, 2.24) is 5.32 Å². The van der Waals surface area contributed by atoms with Crippen molar-refractivity contribution in [3.63, 3.8) is 0 Å². The predicted molar refractivity (Wildman–Crippen MR) is 45.6 cm³/mol. The summed E-state index contributed by atoms with van der Waals surface area (Å²) in [5, 5.41) is 3.47. The van der Waals surface area contributed by atoms with Crippen molar-refractivity contribution >= 4 is 11.8 Å². The van der Waals surface area contributed by atoms with Crippen LogP contribution in [0.25, 0.3) is 0 Å². The van der Waals surface area contributed by atoms with Gasteiger partial charge in [0.1, 0.15) is 0 Å². The highest BCUT2D eigenvalue weighted by Gasteiger charge is 2.19. The Balaban J connectivity index is 1.99. The van der Waals surface area contributed by atoms with E-state index < -0.39 is 0 Å². The van der Waals surface area contributed by atoms with E-state index in [1.54, 1.807) is 0 Å². The number of nitrogens with one attached hydrogen (secondary N) is 1. The molecule has 1 unspecified atom stereocenters. The molecule has 0 saturated carbocycles. The van der Waals surface area contributed by atoms with Crippen LogP contribution in [0.3, 0.4) is 0 Å². The van der Waals surface area contributed by atoms with Crippen LogP contribution in [0.15, 0.2) is 0 Å². The van der Waals surface area contributed by atoms with Gasteiger partial charge < -0.3 is 10.1 Å². The van der Waals surface area contributed by atoms with E-state index >= 15 is 0 Å². The molecule has 2 nitrogen and oxygen atoms in total. The standard InChI is InChI=1S/C7H15NOS/c1-6(5-10-2)8-7-3-9-4-7/h6-8H,3-5H2,1-2H3. The first-order chi connectivity index (χ1) is 4.83. The van der Waals surface area contributed by atoms with E-state index in [0.29, 0.717) is 12.1 Å². The molecule has 1 rings (SSSR count). The van der Waals surface area contributed by atoms with Crippen molar-refractivity contribution in [2.45, 2.75) is 19.0 Å².